The van der Waals surface area contributed by atoms with Gasteiger partial charge < -0.3 is 10.1 Å². The summed E-state index contributed by atoms with van der Waals surface area (Å²) in [5.74, 6) is 0.324. The van der Waals surface area contributed by atoms with Crippen molar-refractivity contribution in [1.29, 1.82) is 0 Å². The molecule has 146 valence electrons. The van der Waals surface area contributed by atoms with Crippen molar-refractivity contribution >= 4 is 28.6 Å². The summed E-state index contributed by atoms with van der Waals surface area (Å²) in [5.41, 5.74) is -0.0300. The van der Waals surface area contributed by atoms with E-state index in [1.54, 1.807) is 70.4 Å². The molecule has 1 N–H and O–H groups in total. The van der Waals surface area contributed by atoms with Crippen LogP contribution in [0.4, 0.5) is 4.79 Å². The quantitative estimate of drug-likeness (QED) is 0.717. The van der Waals surface area contributed by atoms with Gasteiger partial charge in [-0.05, 0) is 52.0 Å². The fourth-order valence-electron chi connectivity index (χ4n) is 2.77. The number of rotatable bonds is 3. The third-order valence-corrected chi connectivity index (χ3v) is 4.21. The summed E-state index contributed by atoms with van der Waals surface area (Å²) in [4.78, 5) is 34.1. The highest BCUT2D eigenvalue weighted by Crippen LogP contribution is 2.23. The maximum Gasteiger partial charge on any atom is 0.408 e. The molecule has 0 saturated carbocycles. The predicted molar refractivity (Wildman–Crippen MR) is 108 cm³/mol. The molecular formula is C20H21ClN4O3. The van der Waals surface area contributed by atoms with Crippen molar-refractivity contribution in [2.75, 3.05) is 0 Å². The number of pyridine rings is 1. The number of halogens is 1. The summed E-state index contributed by atoms with van der Waals surface area (Å²) in [5, 5.41) is 3.47. The Bertz CT molecular complexity index is 1070. The molecule has 1 amide bonds. The molecule has 3 rings (SSSR count). The van der Waals surface area contributed by atoms with Crippen LogP contribution in [0.3, 0.4) is 0 Å². The molecule has 0 fully saturated rings. The second-order valence-corrected chi connectivity index (χ2v) is 7.73. The number of carbonyl (C=O) groups excluding carboxylic acids is 1. The molecule has 3 aromatic rings. The number of para-hydroxylation sites is 1. The Morgan fingerprint density at radius 1 is 1.25 bits per heavy atom. The summed E-state index contributed by atoms with van der Waals surface area (Å²) in [6.07, 6.45) is 2.57. The van der Waals surface area contributed by atoms with Gasteiger partial charge in [-0.15, -0.1) is 0 Å². The number of aromatic nitrogens is 3. The minimum atomic E-state index is -0.646. The molecule has 0 aliphatic rings. The van der Waals surface area contributed by atoms with Crippen LogP contribution in [-0.2, 0) is 4.74 Å². The van der Waals surface area contributed by atoms with Crippen molar-refractivity contribution in [1.82, 2.24) is 19.9 Å². The van der Waals surface area contributed by atoms with Gasteiger partial charge in [0, 0.05) is 6.20 Å². The average molecular weight is 401 g/mol. The third-order valence-electron chi connectivity index (χ3n) is 3.90. The van der Waals surface area contributed by atoms with E-state index in [0.717, 1.165) is 0 Å². The number of ether oxygens (including phenoxy) is 1. The Kier molecular flexibility index (Phi) is 5.38. The van der Waals surface area contributed by atoms with Crippen LogP contribution in [0.1, 0.15) is 39.6 Å². The van der Waals surface area contributed by atoms with Gasteiger partial charge in [-0.1, -0.05) is 17.7 Å². The predicted octanol–water partition coefficient (Wildman–Crippen LogP) is 4.02. The fourth-order valence-corrected chi connectivity index (χ4v) is 2.98. The zero-order valence-electron chi connectivity index (χ0n) is 16.1. The van der Waals surface area contributed by atoms with E-state index in [4.69, 9.17) is 16.3 Å². The van der Waals surface area contributed by atoms with Crippen LogP contribution in [0.15, 0.2) is 47.5 Å². The number of nitrogens with zero attached hydrogens (tertiary/aromatic N) is 3. The number of fused-ring (bicyclic) bond motifs is 1. The summed E-state index contributed by atoms with van der Waals surface area (Å²) >= 11 is 6.26. The first-order chi connectivity index (χ1) is 13.2. The van der Waals surface area contributed by atoms with E-state index in [2.05, 4.69) is 15.3 Å². The first-order valence-electron chi connectivity index (χ1n) is 8.78. The molecule has 0 saturated heterocycles. The highest BCUT2D eigenvalue weighted by atomic mass is 35.5. The van der Waals surface area contributed by atoms with Crippen LogP contribution in [0, 0.1) is 0 Å². The van der Waals surface area contributed by atoms with Crippen LogP contribution in [-0.4, -0.2) is 26.2 Å². The van der Waals surface area contributed by atoms with Crippen molar-refractivity contribution < 1.29 is 9.53 Å². The average Bonchev–Trinajstić information content (AvgIpc) is 2.61. The normalized spacial score (nSPS) is 12.6. The van der Waals surface area contributed by atoms with E-state index in [1.165, 1.54) is 4.57 Å². The molecule has 0 aliphatic carbocycles. The summed E-state index contributed by atoms with van der Waals surface area (Å²) in [6.45, 7) is 7.05. The number of hydrogen-bond acceptors (Lipinski definition) is 5. The van der Waals surface area contributed by atoms with Gasteiger partial charge in [0.25, 0.3) is 5.56 Å². The topological polar surface area (TPSA) is 86.1 Å². The first kappa shape index (κ1) is 19.8. The fraction of sp³-hybridized carbons (Fsp3) is 0.300. The number of amides is 1. The lowest BCUT2D eigenvalue weighted by Gasteiger charge is -2.23. The molecule has 0 radical (unpaired) electrons. The Morgan fingerprint density at radius 3 is 2.64 bits per heavy atom. The van der Waals surface area contributed by atoms with Crippen molar-refractivity contribution in [3.63, 3.8) is 0 Å². The standard InChI is InChI=1S/C20H21ClN4O3/c1-12(23-19(27)28-20(2,3)4)17-24-16-14(8-5-9-15(16)21)18(26)25(17)13-7-6-10-22-11-13/h5-12H,1-4H3,(H,23,27). The van der Waals surface area contributed by atoms with Gasteiger partial charge in [0.1, 0.15) is 11.4 Å². The van der Waals surface area contributed by atoms with Gasteiger partial charge >= 0.3 is 6.09 Å². The lowest BCUT2D eigenvalue weighted by molar-refractivity contribution is 0.0505. The van der Waals surface area contributed by atoms with Gasteiger partial charge in [-0.3, -0.25) is 14.3 Å². The van der Waals surface area contributed by atoms with Gasteiger partial charge in [0.05, 0.1) is 33.9 Å². The molecule has 0 bridgehead atoms. The highest BCUT2D eigenvalue weighted by molar-refractivity contribution is 6.34. The molecule has 2 aromatic heterocycles. The molecule has 0 spiro atoms. The molecule has 0 aliphatic heterocycles. The van der Waals surface area contributed by atoms with Crippen LogP contribution < -0.4 is 10.9 Å². The molecule has 2 heterocycles. The van der Waals surface area contributed by atoms with Crippen LogP contribution in [0.2, 0.25) is 5.02 Å². The Labute approximate surface area is 167 Å². The number of alkyl carbamates (subject to hydrolysis) is 1. The van der Waals surface area contributed by atoms with Crippen molar-refractivity contribution in [2.45, 2.75) is 39.3 Å². The Balaban J connectivity index is 2.16. The van der Waals surface area contributed by atoms with Crippen LogP contribution >= 0.6 is 11.6 Å². The molecule has 7 nitrogen and oxygen atoms in total. The van der Waals surface area contributed by atoms with Crippen LogP contribution in [0.25, 0.3) is 16.6 Å². The molecule has 1 aromatic carbocycles. The molecule has 1 atom stereocenters. The van der Waals surface area contributed by atoms with E-state index < -0.39 is 17.7 Å². The molecular weight excluding hydrogens is 380 g/mol. The molecule has 8 heteroatoms. The number of hydrogen-bond donors (Lipinski definition) is 1. The zero-order chi connectivity index (χ0) is 20.5. The van der Waals surface area contributed by atoms with E-state index in [-0.39, 0.29) is 5.56 Å². The smallest absolute Gasteiger partial charge is 0.408 e. The zero-order valence-corrected chi connectivity index (χ0v) is 16.8. The van der Waals surface area contributed by atoms with Crippen molar-refractivity contribution in [3.05, 3.63) is 63.9 Å². The lowest BCUT2D eigenvalue weighted by Crippen LogP contribution is -2.37. The summed E-state index contributed by atoms with van der Waals surface area (Å²) < 4.78 is 6.74. The van der Waals surface area contributed by atoms with E-state index >= 15 is 0 Å². The summed E-state index contributed by atoms with van der Waals surface area (Å²) in [6, 6.07) is 7.88. The van der Waals surface area contributed by atoms with Crippen molar-refractivity contribution in [2.24, 2.45) is 0 Å². The Hall–Kier alpha value is -2.93. The molecule has 1 unspecified atom stereocenters. The minimum Gasteiger partial charge on any atom is -0.444 e. The third kappa shape index (κ3) is 4.14. The lowest BCUT2D eigenvalue weighted by atomic mass is 10.2. The number of benzene rings is 1. The van der Waals surface area contributed by atoms with Gasteiger partial charge in [-0.25, -0.2) is 9.78 Å². The molecule has 28 heavy (non-hydrogen) atoms. The largest absolute Gasteiger partial charge is 0.444 e. The van der Waals surface area contributed by atoms with Gasteiger partial charge in [-0.2, -0.15) is 0 Å². The van der Waals surface area contributed by atoms with Gasteiger partial charge in [0.2, 0.25) is 0 Å². The number of nitrogens with one attached hydrogen (secondary N) is 1. The van der Waals surface area contributed by atoms with Gasteiger partial charge in [0.15, 0.2) is 0 Å². The van der Waals surface area contributed by atoms with E-state index in [1.807, 2.05) is 0 Å². The first-order valence-corrected chi connectivity index (χ1v) is 9.16. The van der Waals surface area contributed by atoms with Crippen LogP contribution in [0.5, 0.6) is 0 Å². The minimum absolute atomic E-state index is 0.298. The van der Waals surface area contributed by atoms with Crippen molar-refractivity contribution in [3.8, 4) is 5.69 Å². The van der Waals surface area contributed by atoms with E-state index in [9.17, 15) is 9.59 Å². The maximum absolute atomic E-state index is 13.2. The summed E-state index contributed by atoms with van der Waals surface area (Å²) in [7, 11) is 0. The number of carbonyl (C=O) groups is 1. The Morgan fingerprint density at radius 2 is 2.00 bits per heavy atom. The SMILES string of the molecule is CC(NC(=O)OC(C)(C)C)c1nc2c(Cl)cccc2c(=O)n1-c1cccnc1. The highest BCUT2D eigenvalue weighted by Gasteiger charge is 2.23. The second kappa shape index (κ2) is 7.59. The monoisotopic (exact) mass is 400 g/mol. The second-order valence-electron chi connectivity index (χ2n) is 7.33. The maximum atomic E-state index is 13.2. The van der Waals surface area contributed by atoms with E-state index in [0.29, 0.717) is 27.4 Å².